The molecule has 0 radical (unpaired) electrons. The Morgan fingerprint density at radius 2 is 1.60 bits per heavy atom. The summed E-state index contributed by atoms with van der Waals surface area (Å²) in [6.45, 7) is 6.37. The van der Waals surface area contributed by atoms with E-state index in [0.717, 1.165) is 22.8 Å². The monoisotopic (exact) mass is 405 g/mol. The minimum atomic E-state index is -0.216. The van der Waals surface area contributed by atoms with Crippen molar-refractivity contribution < 1.29 is 19.1 Å². The van der Waals surface area contributed by atoms with Crippen LogP contribution >= 0.6 is 0 Å². The normalized spacial score (nSPS) is 12.4. The number of hydrogen-bond acceptors (Lipinski definition) is 4. The van der Waals surface area contributed by atoms with Crippen LogP contribution in [-0.2, 0) is 4.79 Å². The number of nitrogens with one attached hydrogen (secondary N) is 2. The Hall–Kier alpha value is -3.74. The number of benzene rings is 2. The van der Waals surface area contributed by atoms with Crippen molar-refractivity contribution in [2.45, 2.75) is 20.8 Å². The highest BCUT2D eigenvalue weighted by Crippen LogP contribution is 2.33. The first-order chi connectivity index (χ1) is 14.4. The van der Waals surface area contributed by atoms with Crippen molar-refractivity contribution in [1.82, 2.24) is 4.57 Å². The fourth-order valence-corrected chi connectivity index (χ4v) is 3.64. The van der Waals surface area contributed by atoms with Crippen molar-refractivity contribution in [3.8, 4) is 17.2 Å². The third-order valence-corrected chi connectivity index (χ3v) is 4.90. The van der Waals surface area contributed by atoms with Crippen molar-refractivity contribution in [2.75, 3.05) is 23.8 Å². The lowest BCUT2D eigenvalue weighted by atomic mass is 10.2. The van der Waals surface area contributed by atoms with E-state index in [1.165, 1.54) is 6.92 Å². The Morgan fingerprint density at radius 3 is 2.33 bits per heavy atom. The van der Waals surface area contributed by atoms with Crippen molar-refractivity contribution in [1.29, 1.82) is 0 Å². The lowest BCUT2D eigenvalue weighted by Gasteiger charge is -2.20. The van der Waals surface area contributed by atoms with Gasteiger partial charge in [-0.15, -0.1) is 0 Å². The average Bonchev–Trinajstić information content (AvgIpc) is 3.01. The number of anilines is 2. The van der Waals surface area contributed by atoms with Crippen LogP contribution in [0, 0.1) is 13.8 Å². The number of rotatable bonds is 4. The number of nitrogens with zero attached hydrogens (tertiary/aromatic N) is 1. The number of aromatic nitrogens is 1. The molecule has 2 heterocycles. The summed E-state index contributed by atoms with van der Waals surface area (Å²) < 4.78 is 13.3. The van der Waals surface area contributed by atoms with Gasteiger partial charge in [0, 0.05) is 41.4 Å². The molecule has 1 aliphatic rings. The molecule has 0 spiro atoms. The van der Waals surface area contributed by atoms with E-state index in [4.69, 9.17) is 9.47 Å². The number of ether oxygens (including phenoxy) is 2. The molecule has 1 aliphatic heterocycles. The third kappa shape index (κ3) is 3.87. The molecule has 2 N–H and O–H groups in total. The summed E-state index contributed by atoms with van der Waals surface area (Å²) in [5.74, 6) is 1.05. The highest BCUT2D eigenvalue weighted by Gasteiger charge is 2.19. The van der Waals surface area contributed by atoms with Gasteiger partial charge in [0.1, 0.15) is 13.2 Å². The summed E-state index contributed by atoms with van der Waals surface area (Å²) in [7, 11) is 0. The van der Waals surface area contributed by atoms with Gasteiger partial charge in [0.05, 0.1) is 5.56 Å². The minimum Gasteiger partial charge on any atom is -0.486 e. The molecule has 0 saturated heterocycles. The Labute approximate surface area is 174 Å². The number of carbonyl (C=O) groups is 2. The van der Waals surface area contributed by atoms with Crippen molar-refractivity contribution in [2.24, 2.45) is 0 Å². The molecule has 154 valence electrons. The van der Waals surface area contributed by atoms with E-state index in [1.807, 2.05) is 42.7 Å². The summed E-state index contributed by atoms with van der Waals surface area (Å²) in [6, 6.07) is 14.7. The second kappa shape index (κ2) is 7.94. The Bertz CT molecular complexity index is 1130. The lowest BCUT2D eigenvalue weighted by molar-refractivity contribution is -0.114. The van der Waals surface area contributed by atoms with Crippen LogP contribution in [0.25, 0.3) is 5.69 Å². The van der Waals surface area contributed by atoms with Crippen LogP contribution in [0.2, 0.25) is 0 Å². The largest absolute Gasteiger partial charge is 0.486 e. The highest BCUT2D eigenvalue weighted by molar-refractivity contribution is 6.05. The summed E-state index contributed by atoms with van der Waals surface area (Å²) in [5, 5.41) is 5.62. The summed E-state index contributed by atoms with van der Waals surface area (Å²) >= 11 is 0. The Kier molecular flexibility index (Phi) is 5.18. The molecule has 1 aromatic heterocycles. The van der Waals surface area contributed by atoms with Gasteiger partial charge in [0.25, 0.3) is 5.91 Å². The first-order valence-corrected chi connectivity index (χ1v) is 9.70. The maximum atomic E-state index is 12.9. The number of aryl methyl sites for hydroxylation is 1. The van der Waals surface area contributed by atoms with E-state index in [0.29, 0.717) is 35.9 Å². The molecule has 0 atom stereocenters. The molecule has 7 nitrogen and oxygen atoms in total. The van der Waals surface area contributed by atoms with Gasteiger partial charge in [-0.2, -0.15) is 0 Å². The molecule has 4 rings (SSSR count). The zero-order valence-corrected chi connectivity index (χ0v) is 17.1. The van der Waals surface area contributed by atoms with Crippen LogP contribution in [0.15, 0.2) is 48.5 Å². The molecular formula is C23H23N3O4. The molecule has 0 unspecified atom stereocenters. The molecule has 7 heteroatoms. The molecule has 3 aromatic rings. The molecule has 0 bridgehead atoms. The van der Waals surface area contributed by atoms with E-state index >= 15 is 0 Å². The summed E-state index contributed by atoms with van der Waals surface area (Å²) in [6.07, 6.45) is 0. The Balaban J connectivity index is 1.60. The van der Waals surface area contributed by atoms with E-state index in [2.05, 4.69) is 10.6 Å². The van der Waals surface area contributed by atoms with E-state index < -0.39 is 0 Å². The number of carbonyl (C=O) groups excluding carboxylic acids is 2. The maximum Gasteiger partial charge on any atom is 0.257 e. The van der Waals surface area contributed by atoms with Crippen LogP contribution in [0.3, 0.4) is 0 Å². The third-order valence-electron chi connectivity index (χ3n) is 4.90. The quantitative estimate of drug-likeness (QED) is 0.685. The molecule has 2 aromatic carbocycles. The van der Waals surface area contributed by atoms with Crippen LogP contribution in [0.1, 0.15) is 28.7 Å². The van der Waals surface area contributed by atoms with Crippen molar-refractivity contribution >= 4 is 23.2 Å². The van der Waals surface area contributed by atoms with E-state index in [9.17, 15) is 9.59 Å². The molecule has 0 aliphatic carbocycles. The molecule has 0 fully saturated rings. The molecule has 30 heavy (non-hydrogen) atoms. The second-order valence-electron chi connectivity index (χ2n) is 7.16. The molecular weight excluding hydrogens is 382 g/mol. The highest BCUT2D eigenvalue weighted by atomic mass is 16.6. The van der Waals surface area contributed by atoms with Gasteiger partial charge < -0.3 is 24.7 Å². The maximum absolute atomic E-state index is 12.9. The zero-order chi connectivity index (χ0) is 21.3. The van der Waals surface area contributed by atoms with E-state index in [-0.39, 0.29) is 11.8 Å². The fourth-order valence-electron chi connectivity index (χ4n) is 3.64. The standard InChI is InChI=1S/C23H23N3O4/c1-14-11-20(23(28)25-18-6-4-5-17(12-18)24-16(3)27)15(2)26(14)19-7-8-21-22(13-19)30-10-9-29-21/h4-8,11-13H,9-10H2,1-3H3,(H,24,27)(H,25,28). The smallest absolute Gasteiger partial charge is 0.257 e. The van der Waals surface area contributed by atoms with Crippen molar-refractivity contribution in [3.63, 3.8) is 0 Å². The molecule has 0 saturated carbocycles. The predicted octanol–water partition coefficient (Wildman–Crippen LogP) is 4.08. The number of fused-ring (bicyclic) bond motifs is 1. The SMILES string of the molecule is CC(=O)Nc1cccc(NC(=O)c2cc(C)n(-c3ccc4c(c3)OCCO4)c2C)c1. The van der Waals surface area contributed by atoms with Gasteiger partial charge in [-0.1, -0.05) is 6.07 Å². The van der Waals surface area contributed by atoms with E-state index in [1.54, 1.807) is 24.3 Å². The van der Waals surface area contributed by atoms with Gasteiger partial charge in [-0.05, 0) is 50.2 Å². The summed E-state index contributed by atoms with van der Waals surface area (Å²) in [4.78, 5) is 24.2. The Morgan fingerprint density at radius 1 is 0.900 bits per heavy atom. The first-order valence-electron chi connectivity index (χ1n) is 9.70. The van der Waals surface area contributed by atoms with Gasteiger partial charge in [0.2, 0.25) is 5.91 Å². The topological polar surface area (TPSA) is 81.6 Å². The van der Waals surface area contributed by atoms with Crippen LogP contribution in [-0.4, -0.2) is 29.6 Å². The number of hydrogen-bond donors (Lipinski definition) is 2. The average molecular weight is 405 g/mol. The fraction of sp³-hybridized carbons (Fsp3) is 0.217. The van der Waals surface area contributed by atoms with Crippen LogP contribution in [0.5, 0.6) is 11.5 Å². The second-order valence-corrected chi connectivity index (χ2v) is 7.16. The minimum absolute atomic E-state index is 0.165. The molecule has 2 amide bonds. The summed E-state index contributed by atoms with van der Waals surface area (Å²) in [5.41, 5.74) is 4.46. The van der Waals surface area contributed by atoms with Crippen LogP contribution < -0.4 is 20.1 Å². The first kappa shape index (κ1) is 19.6. The van der Waals surface area contributed by atoms with Gasteiger partial charge >= 0.3 is 0 Å². The predicted molar refractivity (Wildman–Crippen MR) is 115 cm³/mol. The van der Waals surface area contributed by atoms with Crippen LogP contribution in [0.4, 0.5) is 11.4 Å². The zero-order valence-electron chi connectivity index (χ0n) is 17.1. The van der Waals surface area contributed by atoms with Gasteiger partial charge in [-0.25, -0.2) is 0 Å². The number of amides is 2. The lowest BCUT2D eigenvalue weighted by Crippen LogP contribution is -2.16. The van der Waals surface area contributed by atoms with Gasteiger partial charge in [0.15, 0.2) is 11.5 Å². The van der Waals surface area contributed by atoms with Gasteiger partial charge in [-0.3, -0.25) is 9.59 Å². The van der Waals surface area contributed by atoms with Crippen molar-refractivity contribution in [3.05, 3.63) is 65.5 Å².